The van der Waals surface area contributed by atoms with Gasteiger partial charge in [-0.25, -0.2) is 9.59 Å². The van der Waals surface area contributed by atoms with E-state index < -0.39 is 23.5 Å². The molecule has 0 N–H and O–H groups in total. The normalized spacial score (nSPS) is 23.8. The lowest BCUT2D eigenvalue weighted by Gasteiger charge is -2.39. The number of aryl methyl sites for hydroxylation is 1. The van der Waals surface area contributed by atoms with Gasteiger partial charge in [-0.2, -0.15) is 0 Å². The van der Waals surface area contributed by atoms with Crippen molar-refractivity contribution in [1.29, 1.82) is 0 Å². The summed E-state index contributed by atoms with van der Waals surface area (Å²) in [4.78, 5) is 25.9. The number of hydrogen-bond acceptors (Lipinski definition) is 4. The number of carbonyl (C=O) groups excluding carboxylic acids is 2. The molecule has 0 aromatic heterocycles. The summed E-state index contributed by atoms with van der Waals surface area (Å²) >= 11 is 19.0. The van der Waals surface area contributed by atoms with Crippen LogP contribution in [0.2, 0.25) is 15.1 Å². The van der Waals surface area contributed by atoms with Crippen LogP contribution in [0.1, 0.15) is 36.5 Å². The van der Waals surface area contributed by atoms with Crippen molar-refractivity contribution in [1.82, 2.24) is 0 Å². The molecule has 7 heteroatoms. The van der Waals surface area contributed by atoms with Crippen LogP contribution in [-0.2, 0) is 19.1 Å². The summed E-state index contributed by atoms with van der Waals surface area (Å²) in [7, 11) is 0. The summed E-state index contributed by atoms with van der Waals surface area (Å²) in [6.07, 6.45) is 5.43. The molecule has 1 aliphatic carbocycles. The topological polar surface area (TPSA) is 52.6 Å². The Morgan fingerprint density at radius 3 is 2.41 bits per heavy atom. The zero-order valence-electron chi connectivity index (χ0n) is 18.5. The maximum absolute atomic E-state index is 13.0. The van der Waals surface area contributed by atoms with E-state index >= 15 is 0 Å². The van der Waals surface area contributed by atoms with E-state index in [2.05, 4.69) is 0 Å². The number of allylic oxidation sites excluding steroid dienone is 2. The fourth-order valence-corrected chi connectivity index (χ4v) is 5.77. The number of carbonyl (C=O) groups is 2. The van der Waals surface area contributed by atoms with E-state index in [9.17, 15) is 9.59 Å². The molecule has 2 heterocycles. The second kappa shape index (κ2) is 8.16. The van der Waals surface area contributed by atoms with E-state index in [1.54, 1.807) is 30.4 Å². The summed E-state index contributed by atoms with van der Waals surface area (Å²) in [5.41, 5.74) is 3.18. The molecule has 0 bridgehead atoms. The van der Waals surface area contributed by atoms with E-state index in [4.69, 9.17) is 44.3 Å². The molecule has 5 rings (SSSR count). The smallest absolute Gasteiger partial charge is 0.347 e. The number of cyclic esters (lactones) is 2. The van der Waals surface area contributed by atoms with Crippen LogP contribution in [0.25, 0.3) is 6.08 Å². The van der Waals surface area contributed by atoms with Gasteiger partial charge in [0.2, 0.25) is 0 Å². The number of rotatable bonds is 3. The Labute approximate surface area is 212 Å². The van der Waals surface area contributed by atoms with Crippen LogP contribution in [0, 0.1) is 6.92 Å². The Balaban J connectivity index is 1.75. The van der Waals surface area contributed by atoms with E-state index in [0.717, 1.165) is 11.1 Å². The summed E-state index contributed by atoms with van der Waals surface area (Å²) in [5.74, 6) is -1.34. The fraction of sp³-hybridized carbons (Fsp3) is 0.185. The molecule has 0 amide bonds. The summed E-state index contributed by atoms with van der Waals surface area (Å²) in [6.45, 7) is 5.68. The van der Waals surface area contributed by atoms with Gasteiger partial charge in [-0.3, -0.25) is 0 Å². The molecular formula is C27H19Cl3O4. The Hall–Kier alpha value is -2.79. The van der Waals surface area contributed by atoms with Crippen LogP contribution in [0.5, 0.6) is 0 Å². The molecule has 2 aliphatic heterocycles. The molecule has 2 aromatic carbocycles. The summed E-state index contributed by atoms with van der Waals surface area (Å²) in [5, 5.41) is 1.47. The SMILES string of the molecule is CC1=CC2=C(/C=C/c3ccc(Cl)cc3Cl)C3=C(C(=O)OC3=O)[C@H](c3ccc(C)cc3Cl)[C@]2(C)O1. The number of ether oxygens (including phenoxy) is 2. The maximum Gasteiger partial charge on any atom is 0.347 e. The molecule has 0 saturated heterocycles. The Kier molecular flexibility index (Phi) is 5.51. The number of halogens is 3. The third-order valence-corrected chi connectivity index (χ3v) is 7.28. The van der Waals surface area contributed by atoms with Crippen LogP contribution in [0.3, 0.4) is 0 Å². The number of hydrogen-bond donors (Lipinski definition) is 0. The van der Waals surface area contributed by atoms with Crippen molar-refractivity contribution in [2.24, 2.45) is 0 Å². The van der Waals surface area contributed by atoms with Crippen LogP contribution in [-0.4, -0.2) is 17.5 Å². The maximum atomic E-state index is 13.0. The number of fused-ring (bicyclic) bond motifs is 1. The highest BCUT2D eigenvalue weighted by Crippen LogP contribution is 2.56. The first-order valence-corrected chi connectivity index (χ1v) is 11.8. The molecule has 0 spiro atoms. The minimum atomic E-state index is -0.977. The lowest BCUT2D eigenvalue weighted by atomic mass is 9.67. The first-order chi connectivity index (χ1) is 16.1. The van der Waals surface area contributed by atoms with E-state index in [1.807, 2.05) is 45.0 Å². The first-order valence-electron chi connectivity index (χ1n) is 10.6. The van der Waals surface area contributed by atoms with Gasteiger partial charge in [0.25, 0.3) is 0 Å². The van der Waals surface area contributed by atoms with Gasteiger partial charge in [-0.05, 0) is 67.3 Å². The molecular weight excluding hydrogens is 495 g/mol. The molecule has 2 atom stereocenters. The molecule has 0 fully saturated rings. The Morgan fingerprint density at radius 1 is 0.941 bits per heavy atom. The minimum Gasteiger partial charge on any atom is -0.486 e. The first kappa shape index (κ1) is 23.0. The monoisotopic (exact) mass is 512 g/mol. The molecule has 0 saturated carbocycles. The fourth-order valence-electron chi connectivity index (χ4n) is 4.96. The quantitative estimate of drug-likeness (QED) is 0.323. The lowest BCUT2D eigenvalue weighted by molar-refractivity contribution is -0.151. The van der Waals surface area contributed by atoms with E-state index in [-0.39, 0.29) is 11.1 Å². The van der Waals surface area contributed by atoms with Gasteiger partial charge >= 0.3 is 11.9 Å². The highest BCUT2D eigenvalue weighted by Gasteiger charge is 2.56. The van der Waals surface area contributed by atoms with Crippen LogP contribution >= 0.6 is 34.8 Å². The highest BCUT2D eigenvalue weighted by molar-refractivity contribution is 6.35. The van der Waals surface area contributed by atoms with Crippen molar-refractivity contribution in [3.63, 3.8) is 0 Å². The second-order valence-corrected chi connectivity index (χ2v) is 9.97. The van der Waals surface area contributed by atoms with Crippen molar-refractivity contribution >= 4 is 52.8 Å². The number of benzene rings is 2. The van der Waals surface area contributed by atoms with Crippen molar-refractivity contribution in [2.45, 2.75) is 32.3 Å². The molecule has 3 aliphatic rings. The third-order valence-electron chi connectivity index (χ3n) is 6.39. The summed E-state index contributed by atoms with van der Waals surface area (Å²) < 4.78 is 11.4. The van der Waals surface area contributed by atoms with Gasteiger partial charge < -0.3 is 9.47 Å². The van der Waals surface area contributed by atoms with Gasteiger partial charge in [0.1, 0.15) is 5.60 Å². The van der Waals surface area contributed by atoms with E-state index in [1.165, 1.54) is 0 Å². The van der Waals surface area contributed by atoms with Gasteiger partial charge in [-0.15, -0.1) is 0 Å². The third kappa shape index (κ3) is 3.52. The van der Waals surface area contributed by atoms with Crippen molar-refractivity contribution in [2.75, 3.05) is 0 Å². The van der Waals surface area contributed by atoms with Crippen molar-refractivity contribution in [3.8, 4) is 0 Å². The molecule has 34 heavy (non-hydrogen) atoms. The van der Waals surface area contributed by atoms with Crippen LogP contribution < -0.4 is 0 Å². The van der Waals surface area contributed by atoms with Crippen molar-refractivity contribution < 1.29 is 19.1 Å². The average Bonchev–Trinajstić information content (AvgIpc) is 3.22. The highest BCUT2D eigenvalue weighted by atomic mass is 35.5. The average molecular weight is 514 g/mol. The van der Waals surface area contributed by atoms with Gasteiger partial charge in [0, 0.05) is 20.6 Å². The largest absolute Gasteiger partial charge is 0.486 e. The standard InChI is InChI=1S/C27H19Cl3O4/c1-13-4-8-18(21(30)10-13)24-23-22(25(31)33-26(23)32)17(19-11-14(2)34-27(19,24)3)9-6-15-5-7-16(28)12-20(15)29/h4-12,24H,1-3H3/b9-6+/t24-,27+/m0/s1. The number of esters is 2. The molecule has 0 radical (unpaired) electrons. The van der Waals surface area contributed by atoms with Crippen molar-refractivity contribution in [3.05, 3.63) is 108 Å². The van der Waals surface area contributed by atoms with Crippen LogP contribution in [0.4, 0.5) is 0 Å². The second-order valence-electron chi connectivity index (χ2n) is 8.71. The Morgan fingerprint density at radius 2 is 1.71 bits per heavy atom. The zero-order valence-corrected chi connectivity index (χ0v) is 20.8. The van der Waals surface area contributed by atoms with Gasteiger partial charge in [-0.1, -0.05) is 65.2 Å². The molecule has 2 aromatic rings. The minimum absolute atomic E-state index is 0.218. The zero-order chi connectivity index (χ0) is 24.4. The lowest BCUT2D eigenvalue weighted by Crippen LogP contribution is -2.40. The molecule has 0 unspecified atom stereocenters. The van der Waals surface area contributed by atoms with Gasteiger partial charge in [0.15, 0.2) is 0 Å². The molecule has 172 valence electrons. The summed E-state index contributed by atoms with van der Waals surface area (Å²) in [6, 6.07) is 10.8. The molecule has 4 nitrogen and oxygen atoms in total. The predicted molar refractivity (Wildman–Crippen MR) is 133 cm³/mol. The van der Waals surface area contributed by atoms with Gasteiger partial charge in [0.05, 0.1) is 22.8 Å². The Bertz CT molecular complexity index is 1410. The van der Waals surface area contributed by atoms with E-state index in [0.29, 0.717) is 37.5 Å². The van der Waals surface area contributed by atoms with Crippen LogP contribution in [0.15, 0.2) is 76.6 Å². The predicted octanol–water partition coefficient (Wildman–Crippen LogP) is 7.14.